The summed E-state index contributed by atoms with van der Waals surface area (Å²) in [7, 11) is -1.21. The second kappa shape index (κ2) is 17.7. The molecule has 0 aliphatic heterocycles. The third kappa shape index (κ3) is 14.4. The molecule has 1 aromatic rings. The molecule has 150 valence electrons. The van der Waals surface area contributed by atoms with E-state index in [0.29, 0.717) is 17.4 Å². The molecule has 0 aliphatic rings. The minimum absolute atomic E-state index is 0. The molecular formula is C20H37BClNO3. The number of benzene rings is 1. The van der Waals surface area contributed by atoms with Crippen molar-refractivity contribution in [2.45, 2.75) is 84.0 Å². The minimum Gasteiger partial charge on any atom is -0.512 e. The molecule has 0 aromatic heterocycles. The lowest BCUT2D eigenvalue weighted by Gasteiger charge is -2.10. The smallest absolute Gasteiger partial charge is 0.512 e. The van der Waals surface area contributed by atoms with Gasteiger partial charge in [0.1, 0.15) is 5.75 Å². The van der Waals surface area contributed by atoms with Crippen LogP contribution in [0.4, 0.5) is 0 Å². The Morgan fingerprint density at radius 3 is 1.77 bits per heavy atom. The van der Waals surface area contributed by atoms with E-state index in [1.165, 1.54) is 64.2 Å². The van der Waals surface area contributed by atoms with Gasteiger partial charge < -0.3 is 20.5 Å². The van der Waals surface area contributed by atoms with E-state index in [1.54, 1.807) is 24.3 Å². The summed E-state index contributed by atoms with van der Waals surface area (Å²) in [6.07, 6.45) is 15.7. The van der Waals surface area contributed by atoms with Crippen LogP contribution in [0.25, 0.3) is 0 Å². The van der Waals surface area contributed by atoms with Gasteiger partial charge in [0.05, 0.1) is 0 Å². The Hall–Kier alpha value is -0.745. The first-order valence-corrected chi connectivity index (χ1v) is 10.3. The maximum absolute atomic E-state index is 9.67. The van der Waals surface area contributed by atoms with E-state index >= 15 is 0 Å². The van der Waals surface area contributed by atoms with Crippen molar-refractivity contribution in [3.8, 4) is 5.75 Å². The second-order valence-electron chi connectivity index (χ2n) is 6.64. The van der Waals surface area contributed by atoms with Gasteiger partial charge in [-0.2, -0.15) is 0 Å². The molecule has 0 radical (unpaired) electrons. The molecule has 4 N–H and O–H groups in total. The zero-order valence-corrected chi connectivity index (χ0v) is 17.2. The lowest BCUT2D eigenvalue weighted by molar-refractivity contribution is 0.189. The van der Waals surface area contributed by atoms with Crippen molar-refractivity contribution in [2.24, 2.45) is 0 Å². The number of hydrogen-bond donors (Lipinski definition) is 2. The molecular weight excluding hydrogens is 348 g/mol. The summed E-state index contributed by atoms with van der Waals surface area (Å²) in [6.45, 7) is 2.78. The molecule has 0 unspecified atom stereocenters. The van der Waals surface area contributed by atoms with Crippen LogP contribution in [0.3, 0.4) is 0 Å². The summed E-state index contributed by atoms with van der Waals surface area (Å²) in [5.41, 5.74) is 0. The number of unbranched alkanes of at least 4 members (excludes halogenated alkanes) is 11. The van der Waals surface area contributed by atoms with E-state index in [1.807, 2.05) is 0 Å². The van der Waals surface area contributed by atoms with Gasteiger partial charge in [0.2, 0.25) is 0 Å². The molecule has 0 saturated heterocycles. The van der Waals surface area contributed by atoms with Gasteiger partial charge in [-0.3, -0.25) is 0 Å². The fraction of sp³-hybridized carbons (Fsp3) is 0.700. The molecule has 1 rings (SSSR count). The lowest BCUT2D eigenvalue weighted by atomic mass is 10.1. The predicted molar refractivity (Wildman–Crippen MR) is 112 cm³/mol. The summed E-state index contributed by atoms with van der Waals surface area (Å²) in [5.74, 6) is 0.548. The van der Waals surface area contributed by atoms with Crippen LogP contribution in [0.5, 0.6) is 5.75 Å². The van der Waals surface area contributed by atoms with Crippen molar-refractivity contribution >= 4 is 18.9 Å². The monoisotopic (exact) mass is 385 g/mol. The average Bonchev–Trinajstić information content (AvgIpc) is 2.61. The predicted octanol–water partition coefficient (Wildman–Crippen LogP) is 6.58. The van der Waals surface area contributed by atoms with Crippen LogP contribution < -0.4 is 10.8 Å². The molecule has 0 atom stereocenters. The molecule has 0 aliphatic carbocycles. The maximum atomic E-state index is 9.67. The van der Waals surface area contributed by atoms with Crippen LogP contribution in [0.15, 0.2) is 24.3 Å². The van der Waals surface area contributed by atoms with Crippen LogP contribution in [0, 0.1) is 0 Å². The van der Waals surface area contributed by atoms with Gasteiger partial charge in [0.25, 0.3) is 0 Å². The van der Waals surface area contributed by atoms with Gasteiger partial charge in [0, 0.05) is 11.6 Å². The Labute approximate surface area is 165 Å². The third-order valence-electron chi connectivity index (χ3n) is 4.31. The highest BCUT2D eigenvalue weighted by molar-refractivity contribution is 6.35. The van der Waals surface area contributed by atoms with Gasteiger partial charge in [-0.25, -0.2) is 0 Å². The van der Waals surface area contributed by atoms with Gasteiger partial charge in [0.15, 0.2) is 0 Å². The Bertz CT molecular complexity index is 420. The Balaban J connectivity index is 0.00000625. The fourth-order valence-electron chi connectivity index (χ4n) is 2.79. The summed E-state index contributed by atoms with van der Waals surface area (Å²) in [5, 5.41) is 10.3. The fourth-order valence-corrected chi connectivity index (χ4v) is 2.92. The third-order valence-corrected chi connectivity index (χ3v) is 4.56. The molecule has 0 bridgehead atoms. The van der Waals surface area contributed by atoms with Gasteiger partial charge in [-0.15, -0.1) is 0 Å². The summed E-state index contributed by atoms with van der Waals surface area (Å²) in [4.78, 5) is 0. The lowest BCUT2D eigenvalue weighted by Crippen LogP contribution is -2.26. The van der Waals surface area contributed by atoms with Crippen LogP contribution in [-0.4, -0.2) is 19.0 Å². The summed E-state index contributed by atoms with van der Waals surface area (Å²) in [6, 6.07) is 6.85. The van der Waals surface area contributed by atoms with Crippen molar-refractivity contribution < 1.29 is 14.3 Å². The van der Waals surface area contributed by atoms with Crippen molar-refractivity contribution in [3.05, 3.63) is 29.3 Å². The van der Waals surface area contributed by atoms with Gasteiger partial charge in [-0.05, 0) is 30.7 Å². The summed E-state index contributed by atoms with van der Waals surface area (Å²) < 4.78 is 10.5. The molecule has 0 amide bonds. The molecule has 0 saturated carbocycles. The molecule has 26 heavy (non-hydrogen) atoms. The Morgan fingerprint density at radius 2 is 1.27 bits per heavy atom. The van der Waals surface area contributed by atoms with Crippen molar-refractivity contribution in [2.75, 3.05) is 6.61 Å². The number of halogens is 1. The summed E-state index contributed by atoms with van der Waals surface area (Å²) >= 11 is 5.80. The molecule has 4 nitrogen and oxygen atoms in total. The van der Waals surface area contributed by atoms with E-state index < -0.39 is 7.32 Å². The largest absolute Gasteiger partial charge is 0.710 e. The molecule has 1 aromatic carbocycles. The first-order chi connectivity index (χ1) is 12.2. The first-order valence-electron chi connectivity index (χ1n) is 9.94. The minimum atomic E-state index is -1.21. The van der Waals surface area contributed by atoms with Crippen LogP contribution in [-0.2, 0) is 4.65 Å². The highest BCUT2D eigenvalue weighted by Gasteiger charge is 2.17. The van der Waals surface area contributed by atoms with E-state index in [2.05, 4.69) is 6.92 Å². The number of hydrogen-bond acceptors (Lipinski definition) is 4. The average molecular weight is 386 g/mol. The van der Waals surface area contributed by atoms with Crippen LogP contribution in [0.2, 0.25) is 5.02 Å². The Kier molecular flexibility index (Phi) is 17.2. The molecule has 0 spiro atoms. The van der Waals surface area contributed by atoms with E-state index in [0.717, 1.165) is 12.8 Å². The highest BCUT2D eigenvalue weighted by Crippen LogP contribution is 2.16. The normalized spacial score (nSPS) is 10.4. The van der Waals surface area contributed by atoms with Gasteiger partial charge in [-0.1, -0.05) is 89.2 Å². The molecule has 6 heteroatoms. The van der Waals surface area contributed by atoms with Crippen molar-refractivity contribution in [1.29, 1.82) is 0 Å². The Morgan fingerprint density at radius 1 is 0.808 bits per heavy atom. The zero-order chi connectivity index (χ0) is 18.2. The van der Waals surface area contributed by atoms with Crippen molar-refractivity contribution in [1.82, 2.24) is 6.15 Å². The zero-order valence-electron chi connectivity index (χ0n) is 16.4. The topological polar surface area (TPSA) is 73.7 Å². The quantitative estimate of drug-likeness (QED) is 0.249. The van der Waals surface area contributed by atoms with Gasteiger partial charge >= 0.3 is 7.32 Å². The highest BCUT2D eigenvalue weighted by atomic mass is 35.5. The molecule has 0 heterocycles. The van der Waals surface area contributed by atoms with E-state index in [4.69, 9.17) is 20.9 Å². The van der Waals surface area contributed by atoms with Crippen LogP contribution in [0.1, 0.15) is 84.0 Å². The maximum Gasteiger partial charge on any atom is 0.710 e. The second-order valence-corrected chi connectivity index (χ2v) is 7.08. The van der Waals surface area contributed by atoms with Crippen LogP contribution >= 0.6 is 11.6 Å². The standard InChI is InChI=1S/C20H34BClO3.H3N/c1-2-3-4-5-6-7-8-9-10-11-12-13-18-24-21(23)25-20-16-14-19(22)15-17-20;/h14-17,23H,2-13,18H2,1H3;1H3. The SMILES string of the molecule is CCCCCCCCCCCCCCOB(O)Oc1ccc(Cl)cc1.N. The number of rotatable bonds is 16. The molecule has 0 fully saturated rings. The van der Waals surface area contributed by atoms with E-state index in [-0.39, 0.29) is 6.15 Å². The first kappa shape index (κ1) is 25.3. The van der Waals surface area contributed by atoms with Crippen molar-refractivity contribution in [3.63, 3.8) is 0 Å². The van der Waals surface area contributed by atoms with E-state index in [9.17, 15) is 5.02 Å².